The van der Waals surface area contributed by atoms with Crippen LogP contribution in [-0.4, -0.2) is 23.3 Å². The van der Waals surface area contributed by atoms with Gasteiger partial charge in [0, 0.05) is 25.2 Å². The first-order chi connectivity index (χ1) is 11.1. The molecule has 0 spiro atoms. The van der Waals surface area contributed by atoms with Gasteiger partial charge in [0.15, 0.2) is 0 Å². The average molecular weight is 316 g/mol. The third-order valence-electron chi connectivity index (χ3n) is 4.64. The molecule has 2 atom stereocenters. The number of unbranched alkanes of at least 4 members (excludes halogenated alkanes) is 1. The molecule has 0 saturated heterocycles. The van der Waals surface area contributed by atoms with Crippen molar-refractivity contribution in [3.8, 4) is 0 Å². The number of hydrogen-bond donors (Lipinski definition) is 1. The Morgan fingerprint density at radius 1 is 1.35 bits per heavy atom. The van der Waals surface area contributed by atoms with Crippen molar-refractivity contribution in [3.63, 3.8) is 0 Å². The van der Waals surface area contributed by atoms with Gasteiger partial charge in [0.25, 0.3) is 0 Å². The van der Waals surface area contributed by atoms with Crippen LogP contribution in [0.15, 0.2) is 36.9 Å². The highest BCUT2D eigenvalue weighted by Gasteiger charge is 2.25. The Morgan fingerprint density at radius 2 is 2.00 bits per heavy atom. The summed E-state index contributed by atoms with van der Waals surface area (Å²) in [5.41, 5.74) is 2.56. The lowest BCUT2D eigenvalue weighted by Crippen LogP contribution is -2.22. The Morgan fingerprint density at radius 3 is 2.57 bits per heavy atom. The van der Waals surface area contributed by atoms with Crippen LogP contribution >= 0.6 is 0 Å². The van der Waals surface area contributed by atoms with Crippen LogP contribution in [0, 0.1) is 5.92 Å². The van der Waals surface area contributed by atoms with Crippen LogP contribution in [0.1, 0.15) is 50.2 Å². The van der Waals surface area contributed by atoms with Crippen LogP contribution in [0.2, 0.25) is 0 Å². The van der Waals surface area contributed by atoms with Gasteiger partial charge in [-0.05, 0) is 24.0 Å². The van der Waals surface area contributed by atoms with Gasteiger partial charge in [0.2, 0.25) is 0 Å². The summed E-state index contributed by atoms with van der Waals surface area (Å²) >= 11 is 0. The molecule has 3 heteroatoms. The van der Waals surface area contributed by atoms with Crippen molar-refractivity contribution in [1.29, 1.82) is 0 Å². The van der Waals surface area contributed by atoms with E-state index in [0.29, 0.717) is 12.8 Å². The summed E-state index contributed by atoms with van der Waals surface area (Å²) in [6.07, 6.45) is 6.71. The quantitative estimate of drug-likeness (QED) is 0.556. The molecule has 3 nitrogen and oxygen atoms in total. The summed E-state index contributed by atoms with van der Waals surface area (Å²) in [6.45, 7) is 5.89. The zero-order chi connectivity index (χ0) is 16.7. The average Bonchev–Trinajstić information content (AvgIpc) is 2.95. The Hall–Kier alpha value is -1.61. The number of hydrogen-bond acceptors (Lipinski definition) is 3. The van der Waals surface area contributed by atoms with Crippen molar-refractivity contribution in [1.82, 2.24) is 0 Å². The van der Waals surface area contributed by atoms with Crippen molar-refractivity contribution in [3.05, 3.63) is 48.0 Å². The molecule has 0 saturated carbocycles. The topological polar surface area (TPSA) is 46.5 Å². The predicted molar refractivity (Wildman–Crippen MR) is 92.2 cm³/mol. The van der Waals surface area contributed by atoms with Crippen LogP contribution in [0.5, 0.6) is 0 Å². The van der Waals surface area contributed by atoms with Gasteiger partial charge in [0.05, 0.1) is 6.10 Å². The lowest BCUT2D eigenvalue weighted by Gasteiger charge is -2.19. The summed E-state index contributed by atoms with van der Waals surface area (Å²) < 4.78 is 5.59. The Kier molecular flexibility index (Phi) is 6.85. The fourth-order valence-electron chi connectivity index (χ4n) is 3.23. The first-order valence-electron chi connectivity index (χ1n) is 8.71. The molecule has 0 unspecified atom stereocenters. The van der Waals surface area contributed by atoms with Gasteiger partial charge >= 0.3 is 5.97 Å². The number of carbonyl (C=O) groups is 1. The third-order valence-corrected chi connectivity index (χ3v) is 4.64. The van der Waals surface area contributed by atoms with Crippen LogP contribution < -0.4 is 0 Å². The molecule has 0 aromatic heterocycles. The van der Waals surface area contributed by atoms with Gasteiger partial charge in [-0.25, -0.2) is 0 Å². The number of ether oxygens (including phenoxy) is 1. The SMILES string of the molecule is C=C[C@@H](CCC(=O)OC1Cc2ccccc2C1)[C@@H](O)CCCC. The number of aliphatic hydroxyl groups is 1. The van der Waals surface area contributed by atoms with Crippen molar-refractivity contribution in [2.75, 3.05) is 0 Å². The van der Waals surface area contributed by atoms with E-state index in [-0.39, 0.29) is 18.0 Å². The molecular formula is C20H28O3. The molecule has 0 aliphatic heterocycles. The zero-order valence-corrected chi connectivity index (χ0v) is 14.0. The summed E-state index contributed by atoms with van der Waals surface area (Å²) in [6, 6.07) is 8.24. The molecule has 1 aliphatic rings. The fraction of sp³-hybridized carbons (Fsp3) is 0.550. The van der Waals surface area contributed by atoms with Crippen LogP contribution in [-0.2, 0) is 22.4 Å². The van der Waals surface area contributed by atoms with Crippen molar-refractivity contribution >= 4 is 5.97 Å². The van der Waals surface area contributed by atoms with E-state index in [4.69, 9.17) is 4.74 Å². The summed E-state index contributed by atoms with van der Waals surface area (Å²) in [5, 5.41) is 10.1. The van der Waals surface area contributed by atoms with E-state index in [1.807, 2.05) is 12.1 Å². The highest BCUT2D eigenvalue weighted by atomic mass is 16.5. The van der Waals surface area contributed by atoms with E-state index in [1.165, 1.54) is 11.1 Å². The van der Waals surface area contributed by atoms with E-state index in [0.717, 1.165) is 32.1 Å². The molecular weight excluding hydrogens is 288 g/mol. The largest absolute Gasteiger partial charge is 0.462 e. The van der Waals surface area contributed by atoms with Gasteiger partial charge in [-0.1, -0.05) is 50.1 Å². The second-order valence-electron chi connectivity index (χ2n) is 6.44. The minimum Gasteiger partial charge on any atom is -0.462 e. The molecule has 0 bridgehead atoms. The van der Waals surface area contributed by atoms with Crippen LogP contribution in [0.3, 0.4) is 0 Å². The molecule has 0 amide bonds. The van der Waals surface area contributed by atoms with Crippen LogP contribution in [0.4, 0.5) is 0 Å². The maximum Gasteiger partial charge on any atom is 0.306 e. The molecule has 1 aliphatic carbocycles. The molecule has 126 valence electrons. The second kappa shape index (κ2) is 8.88. The first-order valence-corrected chi connectivity index (χ1v) is 8.71. The third kappa shape index (κ3) is 5.21. The fourth-order valence-corrected chi connectivity index (χ4v) is 3.23. The van der Waals surface area contributed by atoms with E-state index in [1.54, 1.807) is 6.08 Å². The number of carbonyl (C=O) groups excluding carboxylic acids is 1. The van der Waals surface area contributed by atoms with Gasteiger partial charge in [-0.3, -0.25) is 4.79 Å². The maximum atomic E-state index is 12.1. The Balaban J connectivity index is 1.74. The minimum atomic E-state index is -0.406. The van der Waals surface area contributed by atoms with E-state index in [9.17, 15) is 9.90 Å². The highest BCUT2D eigenvalue weighted by molar-refractivity contribution is 5.69. The van der Waals surface area contributed by atoms with Crippen molar-refractivity contribution in [2.24, 2.45) is 5.92 Å². The summed E-state index contributed by atoms with van der Waals surface area (Å²) in [7, 11) is 0. The minimum absolute atomic E-state index is 0.0325. The molecule has 1 aromatic rings. The summed E-state index contributed by atoms with van der Waals surface area (Å²) in [4.78, 5) is 12.1. The molecule has 23 heavy (non-hydrogen) atoms. The molecule has 0 fully saturated rings. The lowest BCUT2D eigenvalue weighted by atomic mass is 9.93. The second-order valence-corrected chi connectivity index (χ2v) is 6.44. The zero-order valence-electron chi connectivity index (χ0n) is 14.0. The molecule has 0 heterocycles. The van der Waals surface area contributed by atoms with E-state index >= 15 is 0 Å². The number of rotatable bonds is 9. The van der Waals surface area contributed by atoms with E-state index < -0.39 is 6.10 Å². The van der Waals surface area contributed by atoms with Gasteiger partial charge in [0.1, 0.15) is 6.10 Å². The highest BCUT2D eigenvalue weighted by Crippen LogP contribution is 2.25. The number of fused-ring (bicyclic) bond motifs is 1. The van der Waals surface area contributed by atoms with Crippen molar-refractivity contribution in [2.45, 2.75) is 64.1 Å². The number of benzene rings is 1. The van der Waals surface area contributed by atoms with E-state index in [2.05, 4.69) is 25.6 Å². The Bertz CT molecular complexity index is 498. The molecule has 2 rings (SSSR count). The first kappa shape index (κ1) is 17.7. The van der Waals surface area contributed by atoms with Gasteiger partial charge in [-0.2, -0.15) is 0 Å². The maximum absolute atomic E-state index is 12.1. The smallest absolute Gasteiger partial charge is 0.306 e. The molecule has 1 N–H and O–H groups in total. The standard InChI is InChI=1S/C20H28O3/c1-3-5-10-19(21)15(4-2)11-12-20(22)23-18-13-16-8-6-7-9-17(16)14-18/h4,6-9,15,18-19,21H,2-3,5,10-14H2,1H3/t15-,19-/m0/s1. The number of esters is 1. The van der Waals surface area contributed by atoms with Gasteiger partial charge < -0.3 is 9.84 Å². The summed E-state index contributed by atoms with van der Waals surface area (Å²) in [5.74, 6) is -0.202. The lowest BCUT2D eigenvalue weighted by molar-refractivity contribution is -0.149. The molecule has 1 aromatic carbocycles. The number of aliphatic hydroxyl groups excluding tert-OH is 1. The molecule has 0 radical (unpaired) electrons. The van der Waals surface area contributed by atoms with Crippen LogP contribution in [0.25, 0.3) is 0 Å². The normalized spacial score (nSPS) is 16.6. The Labute approximate surface area is 139 Å². The van der Waals surface area contributed by atoms with Crippen molar-refractivity contribution < 1.29 is 14.6 Å². The van der Waals surface area contributed by atoms with Gasteiger partial charge in [-0.15, -0.1) is 6.58 Å². The monoisotopic (exact) mass is 316 g/mol. The predicted octanol–water partition coefficient (Wildman–Crippen LogP) is 3.83.